The molecular formula is C22H24N2O. The van der Waals surface area contributed by atoms with Crippen LogP contribution in [0.25, 0.3) is 16.5 Å². The third-order valence-electron chi connectivity index (χ3n) is 5.17. The molecule has 1 aliphatic heterocycles. The van der Waals surface area contributed by atoms with Crippen molar-refractivity contribution in [2.24, 2.45) is 0 Å². The van der Waals surface area contributed by atoms with Crippen molar-refractivity contribution in [1.29, 1.82) is 0 Å². The maximum Gasteiger partial charge on any atom is 0.119 e. The van der Waals surface area contributed by atoms with Crippen molar-refractivity contribution in [3.8, 4) is 5.75 Å². The number of hydrogen-bond donors (Lipinski definition) is 3. The molecule has 0 bridgehead atoms. The number of fused-ring (bicyclic) bond motifs is 1. The number of rotatable bonds is 5. The minimum Gasteiger partial charge on any atom is -0.508 e. The normalized spacial score (nSPS) is 17.6. The number of aromatic amines is 1. The number of benzene rings is 2. The fourth-order valence-corrected chi connectivity index (χ4v) is 3.83. The van der Waals surface area contributed by atoms with E-state index in [1.807, 2.05) is 12.3 Å². The van der Waals surface area contributed by atoms with Gasteiger partial charge in [-0.1, -0.05) is 36.4 Å². The molecule has 2 aromatic carbocycles. The fraction of sp³-hybridized carbons (Fsp3) is 0.273. The van der Waals surface area contributed by atoms with E-state index in [9.17, 15) is 5.11 Å². The molecule has 3 aromatic rings. The molecule has 0 fully saturated rings. The summed E-state index contributed by atoms with van der Waals surface area (Å²) in [5.41, 5.74) is 4.94. The van der Waals surface area contributed by atoms with Crippen molar-refractivity contribution in [3.63, 3.8) is 0 Å². The molecule has 0 saturated carbocycles. The molecule has 1 atom stereocenters. The first-order valence-corrected chi connectivity index (χ1v) is 9.07. The van der Waals surface area contributed by atoms with Crippen molar-refractivity contribution in [1.82, 2.24) is 10.3 Å². The first kappa shape index (κ1) is 16.0. The van der Waals surface area contributed by atoms with Crippen LogP contribution in [0.1, 0.15) is 30.4 Å². The van der Waals surface area contributed by atoms with Crippen LogP contribution in [-0.4, -0.2) is 22.7 Å². The third kappa shape index (κ3) is 3.47. The lowest BCUT2D eigenvalue weighted by atomic mass is 9.92. The van der Waals surface area contributed by atoms with Gasteiger partial charge in [-0.15, -0.1) is 0 Å². The Morgan fingerprint density at radius 1 is 1.04 bits per heavy atom. The lowest BCUT2D eigenvalue weighted by Gasteiger charge is -2.24. The van der Waals surface area contributed by atoms with E-state index in [1.54, 1.807) is 6.07 Å². The van der Waals surface area contributed by atoms with Crippen LogP contribution < -0.4 is 5.32 Å². The highest BCUT2D eigenvalue weighted by Gasteiger charge is 2.16. The smallest absolute Gasteiger partial charge is 0.119 e. The van der Waals surface area contributed by atoms with Gasteiger partial charge in [0.15, 0.2) is 0 Å². The van der Waals surface area contributed by atoms with Gasteiger partial charge in [-0.3, -0.25) is 0 Å². The minimum atomic E-state index is 0.411. The number of nitrogens with one attached hydrogen (secondary N) is 2. The Bertz CT molecular complexity index is 879. The average Bonchev–Trinajstić information content (AvgIpc) is 3.13. The van der Waals surface area contributed by atoms with Crippen molar-refractivity contribution in [3.05, 3.63) is 71.9 Å². The second kappa shape index (κ2) is 7.16. The van der Waals surface area contributed by atoms with E-state index in [4.69, 9.17) is 0 Å². The van der Waals surface area contributed by atoms with Gasteiger partial charge in [-0.2, -0.15) is 0 Å². The van der Waals surface area contributed by atoms with Crippen molar-refractivity contribution >= 4 is 16.5 Å². The highest BCUT2D eigenvalue weighted by Crippen LogP contribution is 2.29. The van der Waals surface area contributed by atoms with Crippen LogP contribution >= 0.6 is 0 Å². The molecule has 1 aromatic heterocycles. The number of hydrogen-bond acceptors (Lipinski definition) is 2. The fourth-order valence-electron chi connectivity index (χ4n) is 3.83. The van der Waals surface area contributed by atoms with E-state index in [0.717, 1.165) is 48.7 Å². The number of aryl methyl sites for hydroxylation is 1. The quantitative estimate of drug-likeness (QED) is 0.637. The molecule has 4 rings (SSSR count). The monoisotopic (exact) mass is 332 g/mol. The molecule has 0 amide bonds. The Labute approximate surface area is 148 Å². The highest BCUT2D eigenvalue weighted by molar-refractivity contribution is 5.85. The highest BCUT2D eigenvalue weighted by atomic mass is 16.3. The second-order valence-electron chi connectivity index (χ2n) is 6.80. The molecule has 2 heterocycles. The van der Waals surface area contributed by atoms with Crippen LogP contribution in [0.5, 0.6) is 5.75 Å². The first-order valence-electron chi connectivity index (χ1n) is 9.07. The Hall–Kier alpha value is -2.52. The predicted octanol–water partition coefficient (Wildman–Crippen LogP) is 4.64. The molecule has 3 N–H and O–H groups in total. The van der Waals surface area contributed by atoms with Gasteiger partial charge >= 0.3 is 0 Å². The van der Waals surface area contributed by atoms with Crippen LogP contribution in [-0.2, 0) is 6.42 Å². The van der Waals surface area contributed by atoms with Crippen molar-refractivity contribution < 1.29 is 5.11 Å². The standard InChI is InChI=1S/C22H24N2O/c25-22-10-9-21-19(12-14-24-21)20(22)8-4-7-18-15-17(11-13-23-18)16-5-2-1-3-6-16/h1-3,5-6,9-12,14,18,23-25H,4,7-8,13,15H2. The predicted molar refractivity (Wildman–Crippen MR) is 104 cm³/mol. The maximum atomic E-state index is 10.2. The van der Waals surface area contributed by atoms with Gasteiger partial charge in [-0.25, -0.2) is 0 Å². The van der Waals surface area contributed by atoms with Crippen LogP contribution in [0.2, 0.25) is 0 Å². The summed E-state index contributed by atoms with van der Waals surface area (Å²) in [6.07, 6.45) is 8.40. The molecule has 1 unspecified atom stereocenters. The number of phenols is 1. The number of H-pyrrole nitrogens is 1. The van der Waals surface area contributed by atoms with E-state index >= 15 is 0 Å². The molecule has 25 heavy (non-hydrogen) atoms. The Morgan fingerprint density at radius 2 is 1.92 bits per heavy atom. The number of aromatic hydroxyl groups is 1. The van der Waals surface area contributed by atoms with Crippen LogP contribution in [0.3, 0.4) is 0 Å². The first-order chi connectivity index (χ1) is 12.3. The summed E-state index contributed by atoms with van der Waals surface area (Å²) < 4.78 is 0. The summed E-state index contributed by atoms with van der Waals surface area (Å²) in [7, 11) is 0. The van der Waals surface area contributed by atoms with Crippen molar-refractivity contribution in [2.45, 2.75) is 31.7 Å². The van der Waals surface area contributed by atoms with Crippen LogP contribution in [0.4, 0.5) is 0 Å². The lowest BCUT2D eigenvalue weighted by Crippen LogP contribution is -2.32. The van der Waals surface area contributed by atoms with E-state index < -0.39 is 0 Å². The van der Waals surface area contributed by atoms with E-state index in [2.05, 4.69) is 52.8 Å². The van der Waals surface area contributed by atoms with Gasteiger partial charge in [0.25, 0.3) is 0 Å². The van der Waals surface area contributed by atoms with Gasteiger partial charge in [-0.05, 0) is 55.0 Å². The van der Waals surface area contributed by atoms with Crippen LogP contribution in [0, 0.1) is 0 Å². The van der Waals surface area contributed by atoms with Gasteiger partial charge in [0.05, 0.1) is 0 Å². The zero-order chi connectivity index (χ0) is 17.1. The Kier molecular flexibility index (Phi) is 4.57. The summed E-state index contributed by atoms with van der Waals surface area (Å²) in [4.78, 5) is 3.22. The van der Waals surface area contributed by atoms with E-state index in [-0.39, 0.29) is 0 Å². The van der Waals surface area contributed by atoms with E-state index in [0.29, 0.717) is 11.8 Å². The number of aromatic nitrogens is 1. The zero-order valence-corrected chi connectivity index (χ0v) is 14.3. The summed E-state index contributed by atoms with van der Waals surface area (Å²) in [6.45, 7) is 0.938. The molecule has 3 nitrogen and oxygen atoms in total. The van der Waals surface area contributed by atoms with E-state index in [1.165, 1.54) is 11.1 Å². The lowest BCUT2D eigenvalue weighted by molar-refractivity contribution is 0.459. The molecule has 0 radical (unpaired) electrons. The third-order valence-corrected chi connectivity index (χ3v) is 5.17. The maximum absolute atomic E-state index is 10.2. The SMILES string of the molecule is Oc1ccc2[nH]ccc2c1CCCC1CC(c2ccccc2)=CCN1. The molecule has 128 valence electrons. The average molecular weight is 332 g/mol. The largest absolute Gasteiger partial charge is 0.508 e. The topological polar surface area (TPSA) is 48.0 Å². The summed E-state index contributed by atoms with van der Waals surface area (Å²) in [5.74, 6) is 0.411. The summed E-state index contributed by atoms with van der Waals surface area (Å²) in [5, 5.41) is 15.0. The summed E-state index contributed by atoms with van der Waals surface area (Å²) >= 11 is 0. The number of phenolic OH excluding ortho intramolecular Hbond substituents is 1. The van der Waals surface area contributed by atoms with Gasteiger partial charge in [0.2, 0.25) is 0 Å². The molecule has 3 heteroatoms. The molecular weight excluding hydrogens is 308 g/mol. The second-order valence-corrected chi connectivity index (χ2v) is 6.80. The minimum absolute atomic E-state index is 0.411. The Balaban J connectivity index is 1.38. The Morgan fingerprint density at radius 3 is 2.80 bits per heavy atom. The van der Waals surface area contributed by atoms with Crippen LogP contribution in [0.15, 0.2) is 60.8 Å². The molecule has 0 spiro atoms. The van der Waals surface area contributed by atoms with Gasteiger partial charge < -0.3 is 15.4 Å². The molecule has 0 saturated heterocycles. The van der Waals surface area contributed by atoms with Gasteiger partial charge in [0.1, 0.15) is 5.75 Å². The summed E-state index contributed by atoms with van der Waals surface area (Å²) in [6, 6.07) is 17.0. The molecule has 0 aliphatic carbocycles. The zero-order valence-electron chi connectivity index (χ0n) is 14.3. The van der Waals surface area contributed by atoms with Crippen molar-refractivity contribution in [2.75, 3.05) is 6.54 Å². The molecule has 1 aliphatic rings. The van der Waals surface area contributed by atoms with Gasteiger partial charge in [0, 0.05) is 35.2 Å².